The molecule has 2 aromatic carbocycles. The first kappa shape index (κ1) is 15.0. The molecule has 0 fully saturated rings. The zero-order chi connectivity index (χ0) is 15.6. The molecule has 1 N–H and O–H groups in total. The molecule has 5 heteroatoms. The second-order valence-corrected chi connectivity index (χ2v) is 5.00. The quantitative estimate of drug-likeness (QED) is 0.680. The number of aliphatic hydroxyl groups excluding tert-OH is 1. The van der Waals surface area contributed by atoms with Crippen molar-refractivity contribution >= 4 is 5.69 Å². The van der Waals surface area contributed by atoms with Crippen LogP contribution in [-0.4, -0.2) is 10.0 Å². The van der Waals surface area contributed by atoms with E-state index in [2.05, 4.69) is 0 Å². The summed E-state index contributed by atoms with van der Waals surface area (Å²) in [7, 11) is 0. The zero-order valence-electron chi connectivity index (χ0n) is 12.2. The van der Waals surface area contributed by atoms with E-state index in [0.717, 1.165) is 5.56 Å². The van der Waals surface area contributed by atoms with Crippen LogP contribution in [-0.2, 0) is 0 Å². The molecule has 1 atom stereocenters. The highest BCUT2D eigenvalue weighted by atomic mass is 16.6. The fourth-order valence-corrected chi connectivity index (χ4v) is 2.23. The van der Waals surface area contributed by atoms with Crippen molar-refractivity contribution in [3.8, 4) is 11.5 Å². The minimum Gasteiger partial charge on any atom is -0.449 e. The topological polar surface area (TPSA) is 72.6 Å². The number of rotatable bonds is 4. The SMILES string of the molecule is Cc1cc(C)c(Oc2ccccc2[C@H](C)O)c([N+](=O)[O-])c1. The molecule has 0 spiro atoms. The summed E-state index contributed by atoms with van der Waals surface area (Å²) in [6.07, 6.45) is -0.717. The molecule has 0 aromatic heterocycles. The average molecular weight is 287 g/mol. The zero-order valence-corrected chi connectivity index (χ0v) is 12.2. The number of aryl methyl sites for hydroxylation is 2. The van der Waals surface area contributed by atoms with Crippen LogP contribution in [0.1, 0.15) is 29.7 Å². The van der Waals surface area contributed by atoms with E-state index in [1.54, 1.807) is 45.0 Å². The smallest absolute Gasteiger partial charge is 0.312 e. The number of nitro groups is 1. The lowest BCUT2D eigenvalue weighted by Gasteiger charge is -2.14. The van der Waals surface area contributed by atoms with Gasteiger partial charge in [-0.25, -0.2) is 0 Å². The molecule has 0 aliphatic carbocycles. The van der Waals surface area contributed by atoms with E-state index < -0.39 is 11.0 Å². The number of ether oxygens (including phenoxy) is 1. The lowest BCUT2D eigenvalue weighted by atomic mass is 10.1. The van der Waals surface area contributed by atoms with Crippen LogP contribution in [0.5, 0.6) is 11.5 Å². The van der Waals surface area contributed by atoms with Crippen molar-refractivity contribution in [1.82, 2.24) is 0 Å². The minimum absolute atomic E-state index is 0.0760. The summed E-state index contributed by atoms with van der Waals surface area (Å²) < 4.78 is 5.75. The van der Waals surface area contributed by atoms with Gasteiger partial charge in [0.1, 0.15) is 5.75 Å². The van der Waals surface area contributed by atoms with Crippen LogP contribution in [0.4, 0.5) is 5.69 Å². The maximum atomic E-state index is 11.2. The van der Waals surface area contributed by atoms with Gasteiger partial charge in [-0.05, 0) is 38.0 Å². The van der Waals surface area contributed by atoms with E-state index in [4.69, 9.17) is 4.74 Å². The van der Waals surface area contributed by atoms with Crippen LogP contribution < -0.4 is 4.74 Å². The van der Waals surface area contributed by atoms with E-state index >= 15 is 0 Å². The van der Waals surface area contributed by atoms with Crippen molar-refractivity contribution in [3.05, 3.63) is 63.2 Å². The van der Waals surface area contributed by atoms with Crippen LogP contribution in [0.25, 0.3) is 0 Å². The van der Waals surface area contributed by atoms with Crippen LogP contribution >= 0.6 is 0 Å². The molecular weight excluding hydrogens is 270 g/mol. The molecule has 0 radical (unpaired) electrons. The maximum absolute atomic E-state index is 11.2. The molecular formula is C16H17NO4. The Morgan fingerprint density at radius 3 is 2.52 bits per heavy atom. The summed E-state index contributed by atoms with van der Waals surface area (Å²) in [5, 5.41) is 21.0. The van der Waals surface area contributed by atoms with Crippen molar-refractivity contribution < 1.29 is 14.8 Å². The molecule has 0 aliphatic heterocycles. The van der Waals surface area contributed by atoms with E-state index in [9.17, 15) is 15.2 Å². The van der Waals surface area contributed by atoms with Crippen molar-refractivity contribution in [1.29, 1.82) is 0 Å². The number of para-hydroxylation sites is 1. The van der Waals surface area contributed by atoms with Crippen molar-refractivity contribution in [2.45, 2.75) is 26.9 Å². The molecule has 2 rings (SSSR count). The molecule has 5 nitrogen and oxygen atoms in total. The van der Waals surface area contributed by atoms with E-state index in [-0.39, 0.29) is 11.4 Å². The highest BCUT2D eigenvalue weighted by Gasteiger charge is 2.20. The van der Waals surface area contributed by atoms with Crippen molar-refractivity contribution in [2.24, 2.45) is 0 Å². The third-order valence-electron chi connectivity index (χ3n) is 3.18. The lowest BCUT2D eigenvalue weighted by Crippen LogP contribution is -2.00. The minimum atomic E-state index is -0.717. The molecule has 110 valence electrons. The predicted octanol–water partition coefficient (Wildman–Crippen LogP) is 4.06. The fraction of sp³-hybridized carbons (Fsp3) is 0.250. The Kier molecular flexibility index (Phi) is 4.23. The van der Waals surface area contributed by atoms with Crippen LogP contribution in [0.2, 0.25) is 0 Å². The van der Waals surface area contributed by atoms with Gasteiger partial charge in [0, 0.05) is 11.6 Å². The van der Waals surface area contributed by atoms with Gasteiger partial charge in [0.15, 0.2) is 0 Å². The fourth-order valence-electron chi connectivity index (χ4n) is 2.23. The first-order valence-electron chi connectivity index (χ1n) is 6.60. The summed E-state index contributed by atoms with van der Waals surface area (Å²) in [5.41, 5.74) is 2.00. The predicted molar refractivity (Wildman–Crippen MR) is 79.7 cm³/mol. The largest absolute Gasteiger partial charge is 0.449 e. The van der Waals surface area contributed by atoms with Gasteiger partial charge >= 0.3 is 5.69 Å². The second-order valence-electron chi connectivity index (χ2n) is 5.00. The van der Waals surface area contributed by atoms with Crippen molar-refractivity contribution in [3.63, 3.8) is 0 Å². The molecule has 0 amide bonds. The van der Waals surface area contributed by atoms with Crippen LogP contribution in [0.3, 0.4) is 0 Å². The Morgan fingerprint density at radius 1 is 1.24 bits per heavy atom. The molecule has 21 heavy (non-hydrogen) atoms. The van der Waals surface area contributed by atoms with Crippen molar-refractivity contribution in [2.75, 3.05) is 0 Å². The number of hydrogen-bond acceptors (Lipinski definition) is 4. The Balaban J connectivity index is 2.52. The van der Waals surface area contributed by atoms with Crippen LogP contribution in [0, 0.1) is 24.0 Å². The van der Waals surface area contributed by atoms with Crippen LogP contribution in [0.15, 0.2) is 36.4 Å². The summed E-state index contributed by atoms with van der Waals surface area (Å²) in [6, 6.07) is 10.3. The van der Waals surface area contributed by atoms with E-state index in [1.807, 2.05) is 6.07 Å². The second kappa shape index (κ2) is 5.93. The Labute approximate surface area is 123 Å². The average Bonchev–Trinajstić information content (AvgIpc) is 2.41. The van der Waals surface area contributed by atoms with Gasteiger partial charge in [-0.1, -0.05) is 24.3 Å². The monoisotopic (exact) mass is 287 g/mol. The first-order chi connectivity index (χ1) is 9.90. The normalized spacial score (nSPS) is 12.0. The third-order valence-corrected chi connectivity index (χ3v) is 3.18. The number of nitro benzene ring substituents is 1. The third kappa shape index (κ3) is 3.20. The molecule has 0 unspecified atom stereocenters. The molecule has 2 aromatic rings. The molecule has 0 saturated carbocycles. The maximum Gasteiger partial charge on any atom is 0.312 e. The summed E-state index contributed by atoms with van der Waals surface area (Å²) in [5.74, 6) is 0.626. The van der Waals surface area contributed by atoms with Gasteiger partial charge in [0.05, 0.1) is 11.0 Å². The standard InChI is InChI=1S/C16H17NO4/c1-10-8-11(2)16(14(9-10)17(19)20)21-15-7-5-4-6-13(15)12(3)18/h4-9,12,18H,1-3H3/t12-/m0/s1. The molecule has 0 bridgehead atoms. The van der Waals surface area contributed by atoms with Gasteiger partial charge in [-0.15, -0.1) is 0 Å². The summed E-state index contributed by atoms with van der Waals surface area (Å²) in [6.45, 7) is 5.19. The van der Waals surface area contributed by atoms with E-state index in [0.29, 0.717) is 16.9 Å². The van der Waals surface area contributed by atoms with Gasteiger partial charge in [-0.3, -0.25) is 10.1 Å². The molecule has 0 saturated heterocycles. The number of aliphatic hydroxyl groups is 1. The van der Waals surface area contributed by atoms with Gasteiger partial charge in [0.25, 0.3) is 0 Å². The number of benzene rings is 2. The molecule has 0 heterocycles. The number of nitrogens with zero attached hydrogens (tertiary/aromatic N) is 1. The lowest BCUT2D eigenvalue weighted by molar-refractivity contribution is -0.385. The van der Waals surface area contributed by atoms with Gasteiger partial charge in [-0.2, -0.15) is 0 Å². The summed E-state index contributed by atoms with van der Waals surface area (Å²) in [4.78, 5) is 10.8. The van der Waals surface area contributed by atoms with Gasteiger partial charge in [0.2, 0.25) is 5.75 Å². The summed E-state index contributed by atoms with van der Waals surface area (Å²) >= 11 is 0. The first-order valence-corrected chi connectivity index (χ1v) is 6.60. The van der Waals surface area contributed by atoms with Gasteiger partial charge < -0.3 is 9.84 Å². The molecule has 0 aliphatic rings. The Bertz CT molecular complexity index is 680. The van der Waals surface area contributed by atoms with E-state index in [1.165, 1.54) is 6.07 Å². The Morgan fingerprint density at radius 2 is 1.90 bits per heavy atom. The Hall–Kier alpha value is -2.40. The number of hydrogen-bond donors (Lipinski definition) is 1. The highest BCUT2D eigenvalue weighted by Crippen LogP contribution is 2.37. The highest BCUT2D eigenvalue weighted by molar-refractivity contribution is 5.56.